The number of rotatable bonds is 2. The van der Waals surface area contributed by atoms with Crippen LogP contribution in [0.25, 0.3) is 0 Å². The molecule has 14 heavy (non-hydrogen) atoms. The Balaban J connectivity index is 2.14. The molecule has 1 aliphatic heterocycles. The minimum absolute atomic E-state index is 0.398. The fourth-order valence-electron chi connectivity index (χ4n) is 1.19. The number of nitrogens with zero attached hydrogens (tertiary/aromatic N) is 1. The summed E-state index contributed by atoms with van der Waals surface area (Å²) in [5.41, 5.74) is 0. The van der Waals surface area contributed by atoms with E-state index in [-0.39, 0.29) is 0 Å². The Morgan fingerprint density at radius 1 is 1.50 bits per heavy atom. The summed E-state index contributed by atoms with van der Waals surface area (Å²) in [6.45, 7) is 1.00. The molecule has 0 unspecified atom stereocenters. The van der Waals surface area contributed by atoms with Crippen molar-refractivity contribution in [2.24, 2.45) is 0 Å². The van der Waals surface area contributed by atoms with E-state index in [1.165, 1.54) is 11.8 Å². The van der Waals surface area contributed by atoms with E-state index in [1.807, 2.05) is 24.3 Å². The quantitative estimate of drug-likeness (QED) is 0.776. The van der Waals surface area contributed by atoms with Crippen molar-refractivity contribution in [3.63, 3.8) is 0 Å². The molecular formula is C10H8ClNOS. The Labute approximate surface area is 91.8 Å². The van der Waals surface area contributed by atoms with Crippen molar-refractivity contribution in [2.75, 3.05) is 13.2 Å². The summed E-state index contributed by atoms with van der Waals surface area (Å²) in [6.07, 6.45) is 0. The zero-order valence-corrected chi connectivity index (χ0v) is 8.94. The standard InChI is InChI=1S/C10H8ClNOS/c11-8-2-1-3-9(4-8)14-10(5-12)6-13-7-10/h1-4H,6-7H2. The zero-order chi connectivity index (χ0) is 10.0. The summed E-state index contributed by atoms with van der Waals surface area (Å²) in [6, 6.07) is 9.80. The molecule has 0 N–H and O–H groups in total. The van der Waals surface area contributed by atoms with Gasteiger partial charge in [0.05, 0.1) is 19.3 Å². The van der Waals surface area contributed by atoms with Gasteiger partial charge in [-0.05, 0) is 18.2 Å². The molecule has 1 aliphatic rings. The third-order valence-corrected chi connectivity index (χ3v) is 3.43. The minimum atomic E-state index is -0.398. The molecule has 0 radical (unpaired) electrons. The van der Waals surface area contributed by atoms with E-state index in [1.54, 1.807) is 0 Å². The third kappa shape index (κ3) is 1.88. The largest absolute Gasteiger partial charge is 0.376 e. The number of hydrogen-bond acceptors (Lipinski definition) is 3. The molecule has 72 valence electrons. The van der Waals surface area contributed by atoms with Gasteiger partial charge in [-0.2, -0.15) is 5.26 Å². The van der Waals surface area contributed by atoms with Crippen LogP contribution in [0.3, 0.4) is 0 Å². The normalized spacial score (nSPS) is 18.3. The van der Waals surface area contributed by atoms with Crippen LogP contribution in [0.2, 0.25) is 5.02 Å². The van der Waals surface area contributed by atoms with E-state index in [4.69, 9.17) is 21.6 Å². The monoisotopic (exact) mass is 225 g/mol. The molecular weight excluding hydrogens is 218 g/mol. The van der Waals surface area contributed by atoms with E-state index in [0.29, 0.717) is 18.2 Å². The predicted octanol–water partition coefficient (Wildman–Crippen LogP) is 2.72. The summed E-state index contributed by atoms with van der Waals surface area (Å²) >= 11 is 7.37. The topological polar surface area (TPSA) is 33.0 Å². The van der Waals surface area contributed by atoms with Gasteiger partial charge in [0.1, 0.15) is 0 Å². The van der Waals surface area contributed by atoms with Crippen LogP contribution < -0.4 is 0 Å². The minimum Gasteiger partial charge on any atom is -0.376 e. The maximum atomic E-state index is 8.98. The van der Waals surface area contributed by atoms with Gasteiger partial charge in [-0.15, -0.1) is 0 Å². The van der Waals surface area contributed by atoms with Crippen molar-refractivity contribution < 1.29 is 4.74 Å². The second kappa shape index (κ2) is 3.82. The first-order valence-corrected chi connectivity index (χ1v) is 5.37. The average molecular weight is 226 g/mol. The van der Waals surface area contributed by atoms with E-state index < -0.39 is 4.75 Å². The van der Waals surface area contributed by atoms with Gasteiger partial charge in [0.15, 0.2) is 4.75 Å². The Morgan fingerprint density at radius 2 is 2.29 bits per heavy atom. The molecule has 0 aliphatic carbocycles. The van der Waals surface area contributed by atoms with Crippen LogP contribution in [0.4, 0.5) is 0 Å². The summed E-state index contributed by atoms with van der Waals surface area (Å²) < 4.78 is 4.66. The Kier molecular flexibility index (Phi) is 2.69. The average Bonchev–Trinajstić information content (AvgIpc) is 2.11. The number of halogens is 1. The molecule has 1 saturated heterocycles. The molecule has 1 heterocycles. The highest BCUT2D eigenvalue weighted by Gasteiger charge is 2.40. The molecule has 2 rings (SSSR count). The first kappa shape index (κ1) is 9.85. The highest BCUT2D eigenvalue weighted by molar-refractivity contribution is 8.01. The molecule has 4 heteroatoms. The highest BCUT2D eigenvalue weighted by Crippen LogP contribution is 2.38. The van der Waals surface area contributed by atoms with Gasteiger partial charge in [-0.25, -0.2) is 0 Å². The SMILES string of the molecule is N#CC1(Sc2cccc(Cl)c2)COC1. The Morgan fingerprint density at radius 3 is 2.79 bits per heavy atom. The summed E-state index contributed by atoms with van der Waals surface area (Å²) in [7, 11) is 0. The van der Waals surface area contributed by atoms with Crippen molar-refractivity contribution in [3.05, 3.63) is 29.3 Å². The molecule has 0 atom stereocenters. The molecule has 0 bridgehead atoms. The number of nitriles is 1. The van der Waals surface area contributed by atoms with Crippen LogP contribution in [0, 0.1) is 11.3 Å². The maximum absolute atomic E-state index is 8.98. The van der Waals surface area contributed by atoms with Crippen LogP contribution in [-0.2, 0) is 4.74 Å². The van der Waals surface area contributed by atoms with Gasteiger partial charge < -0.3 is 4.74 Å². The molecule has 1 aromatic carbocycles. The number of ether oxygens (including phenoxy) is 1. The summed E-state index contributed by atoms with van der Waals surface area (Å²) in [5.74, 6) is 0. The number of benzene rings is 1. The van der Waals surface area contributed by atoms with Gasteiger partial charge >= 0.3 is 0 Å². The first-order valence-electron chi connectivity index (χ1n) is 4.18. The predicted molar refractivity (Wildman–Crippen MR) is 56.5 cm³/mol. The van der Waals surface area contributed by atoms with Crippen LogP contribution >= 0.6 is 23.4 Å². The number of thioether (sulfide) groups is 1. The lowest BCUT2D eigenvalue weighted by molar-refractivity contribution is 0.0161. The van der Waals surface area contributed by atoms with Crippen LogP contribution in [-0.4, -0.2) is 18.0 Å². The molecule has 2 nitrogen and oxygen atoms in total. The fraction of sp³-hybridized carbons (Fsp3) is 0.300. The molecule has 0 spiro atoms. The van der Waals surface area contributed by atoms with Gasteiger partial charge in [-0.1, -0.05) is 29.4 Å². The van der Waals surface area contributed by atoms with Gasteiger partial charge in [0.25, 0.3) is 0 Å². The second-order valence-corrected chi connectivity index (χ2v) is 5.05. The van der Waals surface area contributed by atoms with Crippen molar-refractivity contribution in [3.8, 4) is 6.07 Å². The van der Waals surface area contributed by atoms with Crippen molar-refractivity contribution in [2.45, 2.75) is 9.64 Å². The maximum Gasteiger partial charge on any atom is 0.153 e. The van der Waals surface area contributed by atoms with E-state index in [2.05, 4.69) is 6.07 Å². The second-order valence-electron chi connectivity index (χ2n) is 3.16. The molecule has 0 saturated carbocycles. The Hall–Kier alpha value is -0.690. The Bertz CT molecular complexity index is 384. The molecule has 1 aromatic rings. The van der Waals surface area contributed by atoms with Crippen molar-refractivity contribution in [1.82, 2.24) is 0 Å². The molecule has 1 fully saturated rings. The summed E-state index contributed by atoms with van der Waals surface area (Å²) in [5, 5.41) is 9.68. The molecule has 0 amide bonds. The lowest BCUT2D eigenvalue weighted by atomic mass is 10.1. The highest BCUT2D eigenvalue weighted by atomic mass is 35.5. The van der Waals surface area contributed by atoms with Crippen LogP contribution in [0.15, 0.2) is 29.2 Å². The van der Waals surface area contributed by atoms with Gasteiger partial charge in [0.2, 0.25) is 0 Å². The first-order chi connectivity index (χ1) is 6.74. The van der Waals surface area contributed by atoms with Crippen molar-refractivity contribution in [1.29, 1.82) is 5.26 Å². The van der Waals surface area contributed by atoms with Crippen LogP contribution in [0.1, 0.15) is 0 Å². The van der Waals surface area contributed by atoms with E-state index in [0.717, 1.165) is 4.90 Å². The smallest absolute Gasteiger partial charge is 0.153 e. The van der Waals surface area contributed by atoms with Gasteiger partial charge in [0, 0.05) is 9.92 Å². The summed E-state index contributed by atoms with van der Waals surface area (Å²) in [4.78, 5) is 1.02. The van der Waals surface area contributed by atoms with Crippen molar-refractivity contribution >= 4 is 23.4 Å². The fourth-order valence-corrected chi connectivity index (χ4v) is 2.56. The lowest BCUT2D eigenvalue weighted by Crippen LogP contribution is -2.45. The number of hydrogen-bond donors (Lipinski definition) is 0. The zero-order valence-electron chi connectivity index (χ0n) is 7.37. The van der Waals surface area contributed by atoms with Crippen LogP contribution in [0.5, 0.6) is 0 Å². The lowest BCUT2D eigenvalue weighted by Gasteiger charge is -2.34. The van der Waals surface area contributed by atoms with E-state index in [9.17, 15) is 0 Å². The van der Waals surface area contributed by atoms with Gasteiger partial charge in [-0.3, -0.25) is 0 Å². The van der Waals surface area contributed by atoms with E-state index >= 15 is 0 Å². The molecule has 0 aromatic heterocycles. The third-order valence-electron chi connectivity index (χ3n) is 1.98.